The summed E-state index contributed by atoms with van der Waals surface area (Å²) < 4.78 is 35.1. The van der Waals surface area contributed by atoms with Gasteiger partial charge in [-0.25, -0.2) is 19.5 Å². The van der Waals surface area contributed by atoms with Crippen molar-refractivity contribution in [1.82, 2.24) is 19.5 Å². The zero-order chi connectivity index (χ0) is 22.9. The van der Waals surface area contributed by atoms with Gasteiger partial charge in [0.05, 0.1) is 12.9 Å². The first-order valence-electron chi connectivity index (χ1n) is 10.3. The second-order valence-electron chi connectivity index (χ2n) is 7.45. The SMILES string of the molecule is CCCC(=O)Nc1ncnc2c1ncn2C1OC2COP(=O)(O)OC2C1OC(=O)CCC.[Na+]. The van der Waals surface area contributed by atoms with Crippen LogP contribution in [0.25, 0.3) is 11.2 Å². The maximum absolute atomic E-state index is 12.3. The average molecular weight is 492 g/mol. The summed E-state index contributed by atoms with van der Waals surface area (Å²) >= 11 is 0. The van der Waals surface area contributed by atoms with Gasteiger partial charge in [0, 0.05) is 12.8 Å². The predicted molar refractivity (Wildman–Crippen MR) is 108 cm³/mol. The Morgan fingerprint density at radius 3 is 2.76 bits per heavy atom. The number of nitrogens with one attached hydrogen (secondary N) is 1. The summed E-state index contributed by atoms with van der Waals surface area (Å²) in [7, 11) is -4.30. The van der Waals surface area contributed by atoms with Gasteiger partial charge in [-0.1, -0.05) is 13.8 Å². The maximum Gasteiger partial charge on any atom is 1.00 e. The number of rotatable bonds is 7. The van der Waals surface area contributed by atoms with Gasteiger partial charge < -0.3 is 19.7 Å². The van der Waals surface area contributed by atoms with E-state index in [0.29, 0.717) is 30.4 Å². The van der Waals surface area contributed by atoms with Crippen LogP contribution in [0.4, 0.5) is 5.82 Å². The molecule has 2 aliphatic heterocycles. The fourth-order valence-corrected chi connectivity index (χ4v) is 4.60. The quantitative estimate of drug-likeness (QED) is 0.268. The third-order valence-corrected chi connectivity index (χ3v) is 6.02. The van der Waals surface area contributed by atoms with E-state index in [9.17, 15) is 19.0 Å². The number of nitrogens with zero attached hydrogens (tertiary/aromatic N) is 4. The van der Waals surface area contributed by atoms with Crippen LogP contribution in [-0.2, 0) is 32.7 Å². The Balaban J connectivity index is 0.00000306. The fraction of sp³-hybridized carbons (Fsp3) is 0.611. The van der Waals surface area contributed by atoms with E-state index in [0.717, 1.165) is 0 Å². The molecule has 2 fully saturated rings. The van der Waals surface area contributed by atoms with E-state index >= 15 is 0 Å². The third-order valence-electron chi connectivity index (χ3n) is 5.03. The number of carbonyl (C=O) groups excluding carboxylic acids is 2. The molecule has 0 spiro atoms. The van der Waals surface area contributed by atoms with Gasteiger partial charge in [0.1, 0.15) is 18.5 Å². The van der Waals surface area contributed by atoms with Gasteiger partial charge in [0.25, 0.3) is 0 Å². The molecule has 5 atom stereocenters. The number of amides is 1. The summed E-state index contributed by atoms with van der Waals surface area (Å²) in [5.41, 5.74) is 0.638. The third kappa shape index (κ3) is 5.63. The second kappa shape index (κ2) is 10.9. The molecule has 5 unspecified atom stereocenters. The Labute approximate surface area is 211 Å². The molecule has 4 rings (SSSR count). The molecule has 0 bridgehead atoms. The van der Waals surface area contributed by atoms with Gasteiger partial charge in [-0.3, -0.25) is 23.2 Å². The molecule has 0 saturated carbocycles. The molecule has 174 valence electrons. The molecule has 33 heavy (non-hydrogen) atoms. The van der Waals surface area contributed by atoms with Crippen LogP contribution in [0.3, 0.4) is 0 Å². The number of ether oxygens (including phenoxy) is 2. The number of fused-ring (bicyclic) bond motifs is 2. The van der Waals surface area contributed by atoms with Crippen LogP contribution in [0.2, 0.25) is 0 Å². The van der Waals surface area contributed by atoms with Gasteiger partial charge in [0.2, 0.25) is 5.91 Å². The van der Waals surface area contributed by atoms with Gasteiger partial charge in [0.15, 0.2) is 29.3 Å². The second-order valence-corrected chi connectivity index (χ2v) is 8.85. The number of esters is 1. The number of hydrogen-bond acceptors (Lipinski definition) is 10. The number of anilines is 1. The zero-order valence-electron chi connectivity index (χ0n) is 18.5. The standard InChI is InChI=1S/C18H24N5O8P.Na/c1-3-5-11(24)22-16-13-17(20-8-19-16)23(9-21-13)18-15(30-12(25)6-4-2)14-10(29-18)7-28-32(26,27)31-14;/h8-10,14-15,18H,3-7H2,1-2H3,(H,26,27)(H,19,20,22,24);/q;+1. The van der Waals surface area contributed by atoms with E-state index in [2.05, 4.69) is 20.3 Å². The largest absolute Gasteiger partial charge is 1.00 e. The van der Waals surface area contributed by atoms with Gasteiger partial charge in [-0.15, -0.1) is 0 Å². The topological polar surface area (TPSA) is 164 Å². The minimum Gasteiger partial charge on any atom is -0.455 e. The van der Waals surface area contributed by atoms with Crippen LogP contribution in [-0.4, -0.2) is 61.2 Å². The number of imidazole rings is 1. The Hall–Kier alpha value is -1.44. The maximum atomic E-state index is 12.3. The summed E-state index contributed by atoms with van der Waals surface area (Å²) in [6.07, 6.45) is 0.639. The zero-order valence-corrected chi connectivity index (χ0v) is 21.4. The first-order chi connectivity index (χ1) is 15.3. The van der Waals surface area contributed by atoms with Crippen LogP contribution < -0.4 is 34.9 Å². The number of hydrogen-bond donors (Lipinski definition) is 2. The van der Waals surface area contributed by atoms with E-state index in [1.165, 1.54) is 17.2 Å². The van der Waals surface area contributed by atoms with E-state index in [1.54, 1.807) is 0 Å². The van der Waals surface area contributed by atoms with Crippen LogP contribution in [0.1, 0.15) is 45.8 Å². The Kier molecular flexibility index (Phi) is 8.62. The number of phosphoric acid groups is 1. The smallest absolute Gasteiger partial charge is 0.455 e. The first-order valence-corrected chi connectivity index (χ1v) is 11.8. The molecule has 0 aliphatic carbocycles. The molecule has 2 aliphatic rings. The molecule has 2 saturated heterocycles. The molecule has 4 heterocycles. The molecule has 0 aromatic carbocycles. The van der Waals surface area contributed by atoms with E-state index < -0.39 is 38.3 Å². The van der Waals surface area contributed by atoms with Crippen molar-refractivity contribution >= 4 is 36.7 Å². The summed E-state index contributed by atoms with van der Waals surface area (Å²) in [5.74, 6) is -0.469. The molecular formula is C18H24N5NaO8P+. The van der Waals surface area contributed by atoms with Crippen molar-refractivity contribution in [2.45, 2.75) is 64.1 Å². The first kappa shape index (κ1) is 26.2. The van der Waals surface area contributed by atoms with Crippen molar-refractivity contribution < 1.29 is 67.1 Å². The van der Waals surface area contributed by atoms with E-state index in [1.807, 2.05) is 13.8 Å². The van der Waals surface area contributed by atoms with Crippen molar-refractivity contribution in [3.05, 3.63) is 12.7 Å². The van der Waals surface area contributed by atoms with Crippen molar-refractivity contribution in [2.24, 2.45) is 0 Å². The fourth-order valence-electron chi connectivity index (χ4n) is 3.64. The normalized spacial score (nSPS) is 28.7. The van der Waals surface area contributed by atoms with E-state index in [-0.39, 0.29) is 54.3 Å². The molecule has 2 aromatic heterocycles. The predicted octanol–water partition coefficient (Wildman–Crippen LogP) is -1.31. The molecule has 13 nitrogen and oxygen atoms in total. The Bertz CT molecular complexity index is 1070. The Morgan fingerprint density at radius 2 is 2.03 bits per heavy atom. The van der Waals surface area contributed by atoms with Crippen LogP contribution in [0.5, 0.6) is 0 Å². The average Bonchev–Trinajstić information content (AvgIpc) is 3.30. The number of carbonyl (C=O) groups is 2. The van der Waals surface area contributed by atoms with Crippen LogP contribution in [0.15, 0.2) is 12.7 Å². The van der Waals surface area contributed by atoms with Crippen molar-refractivity contribution in [3.8, 4) is 0 Å². The van der Waals surface area contributed by atoms with Gasteiger partial charge in [-0.05, 0) is 12.8 Å². The minimum atomic E-state index is -4.30. The number of phosphoric ester groups is 1. The molecule has 15 heteroatoms. The van der Waals surface area contributed by atoms with Crippen LogP contribution >= 0.6 is 7.82 Å². The minimum absolute atomic E-state index is 0. The van der Waals surface area contributed by atoms with Crippen molar-refractivity contribution in [1.29, 1.82) is 0 Å². The van der Waals surface area contributed by atoms with E-state index in [4.69, 9.17) is 18.5 Å². The monoisotopic (exact) mass is 492 g/mol. The Morgan fingerprint density at radius 1 is 1.27 bits per heavy atom. The summed E-state index contributed by atoms with van der Waals surface area (Å²) in [6.45, 7) is 3.50. The van der Waals surface area contributed by atoms with Gasteiger partial charge >= 0.3 is 43.3 Å². The molecule has 2 aromatic rings. The van der Waals surface area contributed by atoms with Crippen molar-refractivity contribution in [3.63, 3.8) is 0 Å². The van der Waals surface area contributed by atoms with Crippen LogP contribution in [0, 0.1) is 0 Å². The van der Waals surface area contributed by atoms with Gasteiger partial charge in [-0.2, -0.15) is 0 Å². The summed E-state index contributed by atoms with van der Waals surface area (Å²) in [4.78, 5) is 46.7. The summed E-state index contributed by atoms with van der Waals surface area (Å²) in [5, 5.41) is 2.70. The molecular weight excluding hydrogens is 468 g/mol. The van der Waals surface area contributed by atoms with Crippen molar-refractivity contribution in [2.75, 3.05) is 11.9 Å². The molecule has 1 amide bonds. The summed E-state index contributed by atoms with van der Waals surface area (Å²) in [6, 6.07) is 0. The molecule has 2 N–H and O–H groups in total. The molecule has 0 radical (unpaired) electrons. The number of aromatic nitrogens is 4.